The van der Waals surface area contributed by atoms with Gasteiger partial charge in [0.05, 0.1) is 0 Å². The van der Waals surface area contributed by atoms with Crippen molar-refractivity contribution in [1.82, 2.24) is 0 Å². The molecule has 0 aromatic rings. The Morgan fingerprint density at radius 1 is 1.00 bits per heavy atom. The lowest BCUT2D eigenvalue weighted by molar-refractivity contribution is 0.519. The largest absolute Gasteiger partial charge is 0.103 e. The Morgan fingerprint density at radius 3 is 1.91 bits per heavy atom. The van der Waals surface area contributed by atoms with Crippen LogP contribution in [0.4, 0.5) is 0 Å². The van der Waals surface area contributed by atoms with Crippen molar-refractivity contribution in [2.45, 2.75) is 41.0 Å². The van der Waals surface area contributed by atoms with Gasteiger partial charge in [-0.25, -0.2) is 0 Å². The Morgan fingerprint density at radius 2 is 1.55 bits per heavy atom. The fourth-order valence-electron chi connectivity index (χ4n) is 0.591. The quantitative estimate of drug-likeness (QED) is 0.532. The molecule has 0 fully saturated rings. The summed E-state index contributed by atoms with van der Waals surface area (Å²) in [6, 6.07) is 0. The molecular weight excluding hydrogens is 132 g/mol. The van der Waals surface area contributed by atoms with Gasteiger partial charge in [-0.1, -0.05) is 40.5 Å². The average molecular weight is 152 g/mol. The van der Waals surface area contributed by atoms with Crippen LogP contribution in [0, 0.1) is 29.6 Å². The Kier molecular flexibility index (Phi) is 5.03. The van der Waals surface area contributed by atoms with E-state index in [4.69, 9.17) is 0 Å². The molecule has 0 radical (unpaired) electrons. The lowest BCUT2D eigenvalue weighted by atomic mass is 9.98. The van der Waals surface area contributed by atoms with Crippen LogP contribution in [-0.2, 0) is 0 Å². The monoisotopic (exact) mass is 152 g/mol. The SMILES string of the molecule is CC(C)CC#CC(C)C(C)C. The van der Waals surface area contributed by atoms with Crippen molar-refractivity contribution in [2.75, 3.05) is 0 Å². The summed E-state index contributed by atoms with van der Waals surface area (Å²) in [4.78, 5) is 0. The summed E-state index contributed by atoms with van der Waals surface area (Å²) in [6.07, 6.45) is 1.04. The van der Waals surface area contributed by atoms with Gasteiger partial charge in [0.25, 0.3) is 0 Å². The molecule has 0 N–H and O–H groups in total. The standard InChI is InChI=1S/C11H20/c1-9(2)7-6-8-11(5)10(3)4/h9-11H,7H2,1-5H3. The first-order chi connectivity index (χ1) is 5.04. The van der Waals surface area contributed by atoms with Crippen molar-refractivity contribution in [3.63, 3.8) is 0 Å². The van der Waals surface area contributed by atoms with Gasteiger partial charge in [-0.15, -0.1) is 5.92 Å². The van der Waals surface area contributed by atoms with Crippen LogP contribution < -0.4 is 0 Å². The molecule has 0 aromatic carbocycles. The van der Waals surface area contributed by atoms with Crippen LogP contribution in [0.2, 0.25) is 0 Å². The molecule has 0 nitrogen and oxygen atoms in total. The molecule has 0 aliphatic rings. The van der Waals surface area contributed by atoms with Gasteiger partial charge in [-0.05, 0) is 11.8 Å². The molecule has 0 spiro atoms. The minimum absolute atomic E-state index is 0.550. The minimum atomic E-state index is 0.550. The normalized spacial score (nSPS) is 13.0. The van der Waals surface area contributed by atoms with E-state index in [1.807, 2.05) is 0 Å². The fraction of sp³-hybridized carbons (Fsp3) is 0.818. The topological polar surface area (TPSA) is 0 Å². The molecule has 1 unspecified atom stereocenters. The second-order valence-corrected chi connectivity index (χ2v) is 3.95. The van der Waals surface area contributed by atoms with E-state index in [0.717, 1.165) is 6.42 Å². The third kappa shape index (κ3) is 5.98. The molecule has 0 aromatic heterocycles. The third-order valence-electron chi connectivity index (χ3n) is 1.84. The van der Waals surface area contributed by atoms with E-state index in [-0.39, 0.29) is 0 Å². The van der Waals surface area contributed by atoms with Crippen LogP contribution in [0.25, 0.3) is 0 Å². The van der Waals surface area contributed by atoms with Gasteiger partial charge in [-0.2, -0.15) is 0 Å². The fourth-order valence-corrected chi connectivity index (χ4v) is 0.591. The van der Waals surface area contributed by atoms with E-state index in [1.54, 1.807) is 0 Å². The lowest BCUT2D eigenvalue weighted by Gasteiger charge is -2.06. The molecule has 64 valence electrons. The zero-order chi connectivity index (χ0) is 8.85. The highest BCUT2D eigenvalue weighted by Gasteiger charge is 2.00. The molecule has 0 aliphatic heterocycles. The van der Waals surface area contributed by atoms with Gasteiger partial charge in [0.2, 0.25) is 0 Å². The van der Waals surface area contributed by atoms with E-state index >= 15 is 0 Å². The lowest BCUT2D eigenvalue weighted by Crippen LogP contribution is -1.99. The second-order valence-electron chi connectivity index (χ2n) is 3.95. The predicted octanol–water partition coefficient (Wildman–Crippen LogP) is 3.33. The molecule has 0 bridgehead atoms. The van der Waals surface area contributed by atoms with E-state index in [1.165, 1.54) is 0 Å². The Balaban J connectivity index is 3.69. The summed E-state index contributed by atoms with van der Waals surface area (Å²) in [7, 11) is 0. The maximum absolute atomic E-state index is 3.26. The molecule has 0 amide bonds. The van der Waals surface area contributed by atoms with E-state index in [9.17, 15) is 0 Å². The van der Waals surface area contributed by atoms with Gasteiger partial charge in [0.15, 0.2) is 0 Å². The summed E-state index contributed by atoms with van der Waals surface area (Å²) >= 11 is 0. The van der Waals surface area contributed by atoms with Crippen LogP contribution in [-0.4, -0.2) is 0 Å². The molecule has 0 saturated heterocycles. The van der Waals surface area contributed by atoms with Gasteiger partial charge in [-0.3, -0.25) is 0 Å². The Labute approximate surface area is 71.4 Å². The second kappa shape index (κ2) is 5.24. The Hall–Kier alpha value is -0.440. The van der Waals surface area contributed by atoms with Gasteiger partial charge in [0, 0.05) is 12.3 Å². The van der Waals surface area contributed by atoms with Gasteiger partial charge in [0.1, 0.15) is 0 Å². The van der Waals surface area contributed by atoms with Crippen molar-refractivity contribution < 1.29 is 0 Å². The van der Waals surface area contributed by atoms with Crippen molar-refractivity contribution in [1.29, 1.82) is 0 Å². The first kappa shape index (κ1) is 10.6. The van der Waals surface area contributed by atoms with Gasteiger partial charge < -0.3 is 0 Å². The highest BCUT2D eigenvalue weighted by molar-refractivity contribution is 5.03. The maximum Gasteiger partial charge on any atom is 0.0197 e. The van der Waals surface area contributed by atoms with Crippen LogP contribution in [0.1, 0.15) is 41.0 Å². The Bertz CT molecular complexity index is 143. The molecule has 0 rings (SSSR count). The zero-order valence-corrected chi connectivity index (χ0v) is 8.44. The smallest absolute Gasteiger partial charge is 0.0197 e. The summed E-state index contributed by atoms with van der Waals surface area (Å²) in [5, 5.41) is 0. The summed E-state index contributed by atoms with van der Waals surface area (Å²) in [5.74, 6) is 8.43. The van der Waals surface area contributed by atoms with Crippen molar-refractivity contribution in [3.8, 4) is 11.8 Å². The maximum atomic E-state index is 3.26. The molecular formula is C11H20. The van der Waals surface area contributed by atoms with E-state index < -0.39 is 0 Å². The predicted molar refractivity (Wildman–Crippen MR) is 51.2 cm³/mol. The first-order valence-corrected chi connectivity index (χ1v) is 4.52. The van der Waals surface area contributed by atoms with E-state index in [2.05, 4.69) is 46.5 Å². The molecule has 0 aliphatic carbocycles. The van der Waals surface area contributed by atoms with Crippen molar-refractivity contribution >= 4 is 0 Å². The molecule has 0 saturated carbocycles. The number of rotatable bonds is 2. The average Bonchev–Trinajstić information content (AvgIpc) is 1.86. The number of hydrogen-bond donors (Lipinski definition) is 0. The van der Waals surface area contributed by atoms with Crippen LogP contribution >= 0.6 is 0 Å². The van der Waals surface area contributed by atoms with Gasteiger partial charge >= 0.3 is 0 Å². The molecule has 0 heteroatoms. The van der Waals surface area contributed by atoms with E-state index in [0.29, 0.717) is 17.8 Å². The molecule has 0 heterocycles. The molecule has 1 atom stereocenters. The van der Waals surface area contributed by atoms with Crippen molar-refractivity contribution in [3.05, 3.63) is 0 Å². The summed E-state index contributed by atoms with van der Waals surface area (Å²) in [6.45, 7) is 11.0. The minimum Gasteiger partial charge on any atom is -0.103 e. The first-order valence-electron chi connectivity index (χ1n) is 4.52. The van der Waals surface area contributed by atoms with Crippen LogP contribution in [0.15, 0.2) is 0 Å². The zero-order valence-electron chi connectivity index (χ0n) is 8.44. The summed E-state index contributed by atoms with van der Waals surface area (Å²) < 4.78 is 0. The third-order valence-corrected chi connectivity index (χ3v) is 1.84. The number of hydrogen-bond acceptors (Lipinski definition) is 0. The molecule has 11 heavy (non-hydrogen) atoms. The van der Waals surface area contributed by atoms with Crippen molar-refractivity contribution in [2.24, 2.45) is 17.8 Å². The van der Waals surface area contributed by atoms with Crippen LogP contribution in [0.5, 0.6) is 0 Å². The highest BCUT2D eigenvalue weighted by Crippen LogP contribution is 2.07. The summed E-state index contributed by atoms with van der Waals surface area (Å²) in [5.41, 5.74) is 0. The van der Waals surface area contributed by atoms with Crippen LogP contribution in [0.3, 0.4) is 0 Å². The highest BCUT2D eigenvalue weighted by atomic mass is 14.0.